The third-order valence-corrected chi connectivity index (χ3v) is 6.38. The van der Waals surface area contributed by atoms with Crippen LogP contribution in [0.1, 0.15) is 44.1 Å². The Morgan fingerprint density at radius 2 is 1.90 bits per heavy atom. The SMILES string of the molecule is NC(=O)C12CC3CC(CF)(C1)C[C@](c1ccccc1)(C3)C2. The van der Waals surface area contributed by atoms with Gasteiger partial charge in [-0.1, -0.05) is 30.3 Å². The zero-order valence-electron chi connectivity index (χ0n) is 12.3. The average molecular weight is 287 g/mol. The van der Waals surface area contributed by atoms with Gasteiger partial charge in [-0.25, -0.2) is 0 Å². The molecule has 4 bridgehead atoms. The smallest absolute Gasteiger partial charge is 0.223 e. The topological polar surface area (TPSA) is 43.1 Å². The van der Waals surface area contributed by atoms with Gasteiger partial charge in [0.25, 0.3) is 0 Å². The van der Waals surface area contributed by atoms with Crippen molar-refractivity contribution >= 4 is 5.91 Å². The van der Waals surface area contributed by atoms with Gasteiger partial charge in [0.1, 0.15) is 0 Å². The summed E-state index contributed by atoms with van der Waals surface area (Å²) < 4.78 is 13.9. The highest BCUT2D eigenvalue weighted by Crippen LogP contribution is 2.70. The fourth-order valence-electron chi connectivity index (χ4n) is 6.18. The molecule has 3 unspecified atom stereocenters. The largest absolute Gasteiger partial charge is 0.369 e. The Hall–Kier alpha value is -1.38. The Labute approximate surface area is 124 Å². The lowest BCUT2D eigenvalue weighted by molar-refractivity contribution is -0.162. The molecule has 0 spiro atoms. The predicted octanol–water partition coefficient (Wildman–Crippen LogP) is 3.35. The minimum atomic E-state index is -0.471. The normalized spacial score (nSPS) is 44.0. The molecule has 21 heavy (non-hydrogen) atoms. The first-order chi connectivity index (χ1) is 10.0. The highest BCUT2D eigenvalue weighted by molar-refractivity contribution is 5.82. The summed E-state index contributed by atoms with van der Waals surface area (Å²) in [7, 11) is 0. The third-order valence-electron chi connectivity index (χ3n) is 6.38. The van der Waals surface area contributed by atoms with E-state index in [1.165, 1.54) is 5.56 Å². The van der Waals surface area contributed by atoms with E-state index in [9.17, 15) is 9.18 Å². The summed E-state index contributed by atoms with van der Waals surface area (Å²) in [5, 5.41) is 0. The first-order valence-electron chi connectivity index (χ1n) is 7.93. The van der Waals surface area contributed by atoms with E-state index in [1.807, 2.05) is 18.2 Å². The highest BCUT2D eigenvalue weighted by atomic mass is 19.1. The standard InChI is InChI=1S/C18H22FNO/c19-12-16-6-13-7-17(9-16,14-4-2-1-3-5-14)11-18(8-13,10-16)15(20)21/h1-5,13H,6-12H2,(H2,20,21)/t13?,16?,17-,18?/m1/s1. The molecule has 1 aromatic rings. The minimum Gasteiger partial charge on any atom is -0.369 e. The van der Waals surface area contributed by atoms with Gasteiger partial charge < -0.3 is 5.73 Å². The maximum absolute atomic E-state index is 13.9. The van der Waals surface area contributed by atoms with E-state index in [4.69, 9.17) is 5.73 Å². The van der Waals surface area contributed by atoms with Crippen molar-refractivity contribution in [3.63, 3.8) is 0 Å². The fraction of sp³-hybridized carbons (Fsp3) is 0.611. The van der Waals surface area contributed by atoms with Crippen LogP contribution in [0.15, 0.2) is 30.3 Å². The molecule has 4 atom stereocenters. The number of alkyl halides is 1. The van der Waals surface area contributed by atoms with Gasteiger partial charge in [0.2, 0.25) is 5.91 Å². The second kappa shape index (κ2) is 4.08. The monoisotopic (exact) mass is 287 g/mol. The number of hydrogen-bond donors (Lipinski definition) is 1. The lowest BCUT2D eigenvalue weighted by Gasteiger charge is -2.65. The molecular weight excluding hydrogens is 265 g/mol. The van der Waals surface area contributed by atoms with Gasteiger partial charge in [-0.2, -0.15) is 0 Å². The second-order valence-corrected chi connectivity index (χ2v) is 7.93. The van der Waals surface area contributed by atoms with Crippen LogP contribution in [0.2, 0.25) is 0 Å². The molecule has 0 radical (unpaired) electrons. The van der Waals surface area contributed by atoms with Crippen molar-refractivity contribution in [1.29, 1.82) is 0 Å². The van der Waals surface area contributed by atoms with Crippen LogP contribution in [-0.2, 0) is 10.2 Å². The van der Waals surface area contributed by atoms with E-state index in [-0.39, 0.29) is 23.4 Å². The van der Waals surface area contributed by atoms with Crippen molar-refractivity contribution in [2.75, 3.05) is 6.67 Å². The summed E-state index contributed by atoms with van der Waals surface area (Å²) in [5.41, 5.74) is 6.23. The van der Waals surface area contributed by atoms with Crippen LogP contribution in [0.5, 0.6) is 0 Å². The van der Waals surface area contributed by atoms with Crippen LogP contribution >= 0.6 is 0 Å². The number of rotatable bonds is 3. The average Bonchev–Trinajstić information content (AvgIpc) is 2.47. The van der Waals surface area contributed by atoms with Crippen LogP contribution in [-0.4, -0.2) is 12.6 Å². The van der Waals surface area contributed by atoms with Gasteiger partial charge in [-0.15, -0.1) is 0 Å². The number of carbonyl (C=O) groups is 1. The van der Waals surface area contributed by atoms with E-state index in [2.05, 4.69) is 12.1 Å². The number of nitrogens with two attached hydrogens (primary N) is 1. The molecule has 112 valence electrons. The molecule has 1 aromatic carbocycles. The molecule has 4 aliphatic carbocycles. The number of benzene rings is 1. The van der Waals surface area contributed by atoms with Crippen LogP contribution in [0, 0.1) is 16.7 Å². The summed E-state index contributed by atoms with van der Waals surface area (Å²) in [6.07, 6.45) is 5.26. The van der Waals surface area contributed by atoms with Gasteiger partial charge in [0.15, 0.2) is 0 Å². The maximum Gasteiger partial charge on any atom is 0.223 e. The first kappa shape index (κ1) is 13.3. The van der Waals surface area contributed by atoms with Crippen molar-refractivity contribution in [1.82, 2.24) is 0 Å². The number of carbonyl (C=O) groups excluding carboxylic acids is 1. The fourth-order valence-corrected chi connectivity index (χ4v) is 6.18. The summed E-state index contributed by atoms with van der Waals surface area (Å²) in [5.74, 6) is 0.245. The van der Waals surface area contributed by atoms with Crippen LogP contribution < -0.4 is 5.73 Å². The van der Waals surface area contributed by atoms with Crippen LogP contribution in [0.3, 0.4) is 0 Å². The van der Waals surface area contributed by atoms with Crippen LogP contribution in [0.4, 0.5) is 4.39 Å². The van der Waals surface area contributed by atoms with Crippen molar-refractivity contribution in [3.8, 4) is 0 Å². The van der Waals surface area contributed by atoms with Crippen molar-refractivity contribution < 1.29 is 9.18 Å². The van der Waals surface area contributed by atoms with E-state index in [1.54, 1.807) is 0 Å². The molecular formula is C18H22FNO. The van der Waals surface area contributed by atoms with Crippen LogP contribution in [0.25, 0.3) is 0 Å². The highest BCUT2D eigenvalue weighted by Gasteiger charge is 2.65. The molecule has 0 heterocycles. The van der Waals surface area contributed by atoms with Gasteiger partial charge in [0.05, 0.1) is 12.1 Å². The molecule has 2 nitrogen and oxygen atoms in total. The predicted molar refractivity (Wildman–Crippen MR) is 79.3 cm³/mol. The molecule has 0 aliphatic heterocycles. The lowest BCUT2D eigenvalue weighted by atomic mass is 9.38. The van der Waals surface area contributed by atoms with Gasteiger partial charge in [0, 0.05) is 5.41 Å². The Morgan fingerprint density at radius 1 is 1.14 bits per heavy atom. The maximum atomic E-state index is 13.9. The van der Waals surface area contributed by atoms with Gasteiger partial charge in [-0.05, 0) is 55.4 Å². The molecule has 3 heteroatoms. The zero-order chi connectivity index (χ0) is 14.7. The summed E-state index contributed by atoms with van der Waals surface area (Å²) >= 11 is 0. The van der Waals surface area contributed by atoms with E-state index in [0.29, 0.717) is 12.3 Å². The number of primary amides is 1. The second-order valence-electron chi connectivity index (χ2n) is 7.93. The molecule has 5 rings (SSSR count). The lowest BCUT2D eigenvalue weighted by Crippen LogP contribution is -2.62. The van der Waals surface area contributed by atoms with Gasteiger partial charge in [-0.3, -0.25) is 9.18 Å². The molecule has 1 amide bonds. The zero-order valence-corrected chi connectivity index (χ0v) is 12.3. The minimum absolute atomic E-state index is 0.0399. The third kappa shape index (κ3) is 1.72. The van der Waals surface area contributed by atoms with E-state index < -0.39 is 5.41 Å². The number of halogens is 1. The number of hydrogen-bond acceptors (Lipinski definition) is 1. The Morgan fingerprint density at radius 3 is 2.57 bits per heavy atom. The molecule has 4 fully saturated rings. The molecule has 4 aliphatic rings. The summed E-state index contributed by atoms with van der Waals surface area (Å²) in [4.78, 5) is 12.2. The quantitative estimate of drug-likeness (QED) is 0.910. The number of amides is 1. The van der Waals surface area contributed by atoms with Crippen molar-refractivity contribution in [2.24, 2.45) is 22.5 Å². The molecule has 0 saturated heterocycles. The van der Waals surface area contributed by atoms with Crippen molar-refractivity contribution in [3.05, 3.63) is 35.9 Å². The Bertz CT molecular complexity index is 588. The summed E-state index contributed by atoms with van der Waals surface area (Å²) in [6.45, 7) is -0.312. The van der Waals surface area contributed by atoms with E-state index in [0.717, 1.165) is 32.1 Å². The molecule has 0 aromatic heterocycles. The summed E-state index contributed by atoms with van der Waals surface area (Å²) in [6, 6.07) is 10.4. The molecule has 4 saturated carbocycles. The first-order valence-corrected chi connectivity index (χ1v) is 7.93. The molecule has 2 N–H and O–H groups in total. The van der Waals surface area contributed by atoms with E-state index >= 15 is 0 Å². The Balaban J connectivity index is 1.85. The van der Waals surface area contributed by atoms with Gasteiger partial charge >= 0.3 is 0 Å². The Kier molecular flexibility index (Phi) is 2.59. The van der Waals surface area contributed by atoms with Crippen molar-refractivity contribution in [2.45, 2.75) is 43.9 Å².